The van der Waals surface area contributed by atoms with Gasteiger partial charge in [-0.25, -0.2) is 0 Å². The van der Waals surface area contributed by atoms with Crippen LogP contribution in [0.2, 0.25) is 0 Å². The molecule has 0 bridgehead atoms. The Balaban J connectivity index is 2.50. The topological polar surface area (TPSA) is 35.8 Å². The molecule has 0 radical (unpaired) electrons. The van der Waals surface area contributed by atoms with Gasteiger partial charge in [-0.3, -0.25) is 0 Å². The normalized spacial score (nSPS) is 28.7. The van der Waals surface area contributed by atoms with Gasteiger partial charge in [0.1, 0.15) is 0 Å². The van der Waals surface area contributed by atoms with Crippen LogP contribution < -0.4 is 5.32 Å². The molecule has 0 amide bonds. The zero-order chi connectivity index (χ0) is 11.3. The predicted molar refractivity (Wildman–Crippen MR) is 63.4 cm³/mol. The molecule has 15 heavy (non-hydrogen) atoms. The zero-order valence-corrected chi connectivity index (χ0v) is 10.3. The van der Waals surface area contributed by atoms with Crippen LogP contribution in [0.25, 0.3) is 0 Å². The van der Waals surface area contributed by atoms with Crippen LogP contribution in [-0.4, -0.2) is 12.1 Å². The van der Waals surface area contributed by atoms with E-state index in [1.165, 1.54) is 19.3 Å². The van der Waals surface area contributed by atoms with Gasteiger partial charge in [0.05, 0.1) is 12.0 Å². The lowest BCUT2D eigenvalue weighted by atomic mass is 9.84. The van der Waals surface area contributed by atoms with Crippen molar-refractivity contribution < 1.29 is 0 Å². The van der Waals surface area contributed by atoms with E-state index in [0.29, 0.717) is 18.0 Å². The first-order chi connectivity index (χ1) is 7.19. The van der Waals surface area contributed by atoms with E-state index in [2.05, 4.69) is 32.2 Å². The standard InChI is InChI=1S/C13H24N2/c1-4-12(10(2)3)15-13-8-6-5-7-11(13)9-14/h10-13,15H,4-8H2,1-3H3. The Bertz CT molecular complexity index is 217. The van der Waals surface area contributed by atoms with Crippen molar-refractivity contribution >= 4 is 0 Å². The van der Waals surface area contributed by atoms with Crippen molar-refractivity contribution in [2.24, 2.45) is 11.8 Å². The Morgan fingerprint density at radius 3 is 2.53 bits per heavy atom. The van der Waals surface area contributed by atoms with Crippen LogP contribution in [0.4, 0.5) is 0 Å². The van der Waals surface area contributed by atoms with Gasteiger partial charge in [0.25, 0.3) is 0 Å². The van der Waals surface area contributed by atoms with Crippen molar-refractivity contribution in [1.82, 2.24) is 5.32 Å². The highest BCUT2D eigenvalue weighted by Crippen LogP contribution is 2.25. The average Bonchev–Trinajstić information content (AvgIpc) is 2.25. The van der Waals surface area contributed by atoms with Crippen molar-refractivity contribution in [2.45, 2.75) is 65.0 Å². The molecule has 0 aromatic carbocycles. The van der Waals surface area contributed by atoms with Gasteiger partial charge in [0.15, 0.2) is 0 Å². The molecule has 0 saturated heterocycles. The third-order valence-corrected chi connectivity index (χ3v) is 3.60. The van der Waals surface area contributed by atoms with Gasteiger partial charge in [-0.2, -0.15) is 5.26 Å². The number of hydrogen-bond donors (Lipinski definition) is 1. The second-order valence-corrected chi connectivity index (χ2v) is 5.05. The molecule has 3 atom stereocenters. The molecule has 2 nitrogen and oxygen atoms in total. The summed E-state index contributed by atoms with van der Waals surface area (Å²) in [6.07, 6.45) is 5.94. The third-order valence-electron chi connectivity index (χ3n) is 3.60. The largest absolute Gasteiger partial charge is 0.310 e. The van der Waals surface area contributed by atoms with Crippen molar-refractivity contribution in [3.05, 3.63) is 0 Å². The molecular weight excluding hydrogens is 184 g/mol. The molecule has 86 valence electrons. The van der Waals surface area contributed by atoms with E-state index in [-0.39, 0.29) is 5.92 Å². The molecule has 1 fully saturated rings. The van der Waals surface area contributed by atoms with E-state index in [1.807, 2.05) is 0 Å². The fourth-order valence-electron chi connectivity index (χ4n) is 2.54. The van der Waals surface area contributed by atoms with Crippen molar-refractivity contribution in [3.8, 4) is 6.07 Å². The minimum absolute atomic E-state index is 0.242. The average molecular weight is 208 g/mol. The Kier molecular flexibility index (Phi) is 5.11. The Labute approximate surface area is 94.1 Å². The zero-order valence-electron chi connectivity index (χ0n) is 10.3. The van der Waals surface area contributed by atoms with Gasteiger partial charge in [-0.05, 0) is 25.2 Å². The lowest BCUT2D eigenvalue weighted by molar-refractivity contribution is 0.255. The first-order valence-electron chi connectivity index (χ1n) is 6.34. The maximum absolute atomic E-state index is 9.10. The van der Waals surface area contributed by atoms with Gasteiger partial charge in [-0.1, -0.05) is 33.6 Å². The van der Waals surface area contributed by atoms with Crippen LogP contribution in [0, 0.1) is 23.2 Å². The molecule has 0 spiro atoms. The minimum atomic E-state index is 0.242. The number of nitrogens with one attached hydrogen (secondary N) is 1. The molecular formula is C13H24N2. The van der Waals surface area contributed by atoms with E-state index in [4.69, 9.17) is 5.26 Å². The van der Waals surface area contributed by atoms with E-state index >= 15 is 0 Å². The predicted octanol–water partition coefficient (Wildman–Crippen LogP) is 3.09. The molecule has 1 aliphatic carbocycles. The van der Waals surface area contributed by atoms with Crippen molar-refractivity contribution in [2.75, 3.05) is 0 Å². The summed E-state index contributed by atoms with van der Waals surface area (Å²) in [6.45, 7) is 6.73. The molecule has 0 heterocycles. The quantitative estimate of drug-likeness (QED) is 0.770. The van der Waals surface area contributed by atoms with Gasteiger partial charge in [0.2, 0.25) is 0 Å². The monoisotopic (exact) mass is 208 g/mol. The highest BCUT2D eigenvalue weighted by atomic mass is 15.0. The fourth-order valence-corrected chi connectivity index (χ4v) is 2.54. The van der Waals surface area contributed by atoms with Crippen LogP contribution in [0.1, 0.15) is 52.9 Å². The number of rotatable bonds is 4. The van der Waals surface area contributed by atoms with E-state index in [0.717, 1.165) is 12.8 Å². The summed E-state index contributed by atoms with van der Waals surface area (Å²) in [5.74, 6) is 0.905. The fraction of sp³-hybridized carbons (Fsp3) is 0.923. The van der Waals surface area contributed by atoms with Gasteiger partial charge in [-0.15, -0.1) is 0 Å². The molecule has 0 aliphatic heterocycles. The summed E-state index contributed by atoms with van der Waals surface area (Å²) in [5.41, 5.74) is 0. The molecule has 0 aromatic rings. The smallest absolute Gasteiger partial charge is 0.0672 e. The Morgan fingerprint density at radius 2 is 2.00 bits per heavy atom. The van der Waals surface area contributed by atoms with E-state index < -0.39 is 0 Å². The van der Waals surface area contributed by atoms with Crippen LogP contribution in [0.5, 0.6) is 0 Å². The van der Waals surface area contributed by atoms with E-state index in [1.54, 1.807) is 0 Å². The van der Waals surface area contributed by atoms with Crippen LogP contribution in [0.15, 0.2) is 0 Å². The third kappa shape index (κ3) is 3.50. The highest BCUT2D eigenvalue weighted by molar-refractivity contribution is 4.95. The van der Waals surface area contributed by atoms with Crippen molar-refractivity contribution in [3.63, 3.8) is 0 Å². The molecule has 2 heteroatoms. The van der Waals surface area contributed by atoms with Gasteiger partial charge in [0, 0.05) is 12.1 Å². The maximum atomic E-state index is 9.10. The summed E-state index contributed by atoms with van der Waals surface area (Å²) >= 11 is 0. The molecule has 3 unspecified atom stereocenters. The van der Waals surface area contributed by atoms with Gasteiger partial charge >= 0.3 is 0 Å². The summed E-state index contributed by atoms with van der Waals surface area (Å²) < 4.78 is 0. The second kappa shape index (κ2) is 6.12. The first-order valence-corrected chi connectivity index (χ1v) is 6.34. The molecule has 1 saturated carbocycles. The van der Waals surface area contributed by atoms with Crippen LogP contribution >= 0.6 is 0 Å². The van der Waals surface area contributed by atoms with E-state index in [9.17, 15) is 0 Å². The summed E-state index contributed by atoms with van der Waals surface area (Å²) in [5, 5.41) is 12.8. The number of nitrogens with zero attached hydrogens (tertiary/aromatic N) is 1. The van der Waals surface area contributed by atoms with Crippen LogP contribution in [0.3, 0.4) is 0 Å². The number of hydrogen-bond acceptors (Lipinski definition) is 2. The molecule has 1 aliphatic rings. The minimum Gasteiger partial charge on any atom is -0.310 e. The summed E-state index contributed by atoms with van der Waals surface area (Å²) in [7, 11) is 0. The summed E-state index contributed by atoms with van der Waals surface area (Å²) in [6, 6.07) is 3.47. The van der Waals surface area contributed by atoms with Crippen LogP contribution in [-0.2, 0) is 0 Å². The lowest BCUT2D eigenvalue weighted by Crippen LogP contribution is -2.45. The van der Waals surface area contributed by atoms with Crippen molar-refractivity contribution in [1.29, 1.82) is 5.26 Å². The molecule has 1 N–H and O–H groups in total. The number of nitriles is 1. The maximum Gasteiger partial charge on any atom is 0.0672 e. The molecule has 1 rings (SSSR count). The second-order valence-electron chi connectivity index (χ2n) is 5.05. The summed E-state index contributed by atoms with van der Waals surface area (Å²) in [4.78, 5) is 0. The Morgan fingerprint density at radius 1 is 1.33 bits per heavy atom. The SMILES string of the molecule is CCC(NC1CCCCC1C#N)C(C)C. The lowest BCUT2D eigenvalue weighted by Gasteiger charge is -2.33. The molecule has 0 aromatic heterocycles. The van der Waals surface area contributed by atoms with Gasteiger partial charge < -0.3 is 5.32 Å². The highest BCUT2D eigenvalue weighted by Gasteiger charge is 2.27. The first kappa shape index (κ1) is 12.5. The Hall–Kier alpha value is -0.550.